The molecule has 3 heterocycles. The van der Waals surface area contributed by atoms with Gasteiger partial charge < -0.3 is 0 Å². The maximum absolute atomic E-state index is 12.3. The van der Waals surface area contributed by atoms with Gasteiger partial charge in [0.25, 0.3) is 0 Å². The molecule has 2 nitrogen and oxygen atoms in total. The van der Waals surface area contributed by atoms with Gasteiger partial charge in [-0.2, -0.15) is 0 Å². The normalized spacial score (nSPS) is 28.3. The summed E-state index contributed by atoms with van der Waals surface area (Å²) in [5.41, 5.74) is 1.25. The summed E-state index contributed by atoms with van der Waals surface area (Å²) in [6, 6.07) is 10.6. The molecule has 1 aromatic carbocycles. The minimum absolute atomic E-state index is 0.147. The Morgan fingerprint density at radius 3 is 2.80 bits per heavy atom. The fourth-order valence-corrected chi connectivity index (χ4v) is 6.73. The number of hydrogen-bond acceptors (Lipinski definition) is 3. The molecule has 0 spiro atoms. The summed E-state index contributed by atoms with van der Waals surface area (Å²) in [6.07, 6.45) is 5.40. The van der Waals surface area contributed by atoms with Gasteiger partial charge in [-0.3, -0.25) is 0 Å². The van der Waals surface area contributed by atoms with Crippen molar-refractivity contribution in [3.05, 3.63) is 41.3 Å². The van der Waals surface area contributed by atoms with E-state index in [0.29, 0.717) is 6.42 Å². The van der Waals surface area contributed by atoms with Gasteiger partial charge in [-0.1, -0.05) is 30.7 Å². The third kappa shape index (κ3) is 1.85. The van der Waals surface area contributed by atoms with Crippen LogP contribution in [0.1, 0.15) is 30.6 Å². The molecule has 2 aliphatic heterocycles. The van der Waals surface area contributed by atoms with Gasteiger partial charge in [-0.15, -0.1) is 11.3 Å². The lowest BCUT2D eigenvalue weighted by Gasteiger charge is -2.33. The molecule has 1 fully saturated rings. The van der Waals surface area contributed by atoms with E-state index in [1.165, 1.54) is 20.5 Å². The average Bonchev–Trinajstić information content (AvgIpc) is 2.80. The Balaban J connectivity index is 1.81. The molecule has 0 amide bonds. The highest BCUT2D eigenvalue weighted by Crippen LogP contribution is 2.41. The zero-order valence-corrected chi connectivity index (χ0v) is 12.7. The fraction of sp³-hybridized carbons (Fsp3) is 0.375. The van der Waals surface area contributed by atoms with Crippen LogP contribution in [0.25, 0.3) is 15.7 Å². The lowest BCUT2D eigenvalue weighted by Crippen LogP contribution is -2.38. The highest BCUT2D eigenvalue weighted by Gasteiger charge is 2.40. The molecule has 1 aromatic heterocycles. The quantitative estimate of drug-likeness (QED) is 0.797. The molecule has 1 saturated heterocycles. The Morgan fingerprint density at radius 2 is 2.00 bits per heavy atom. The van der Waals surface area contributed by atoms with E-state index in [1.54, 1.807) is 11.3 Å². The van der Waals surface area contributed by atoms with Crippen molar-refractivity contribution in [2.45, 2.75) is 36.2 Å². The van der Waals surface area contributed by atoms with Crippen molar-refractivity contribution in [2.24, 2.45) is 0 Å². The van der Waals surface area contributed by atoms with Crippen LogP contribution in [0.15, 0.2) is 36.4 Å². The number of benzene rings is 1. The zero-order valence-electron chi connectivity index (χ0n) is 11.1. The zero-order chi connectivity index (χ0) is 13.7. The highest BCUT2D eigenvalue weighted by atomic mass is 32.2. The van der Waals surface area contributed by atoms with E-state index in [9.17, 15) is 8.42 Å². The van der Waals surface area contributed by atoms with Crippen LogP contribution >= 0.6 is 11.3 Å². The van der Waals surface area contributed by atoms with Crippen molar-refractivity contribution >= 4 is 36.8 Å². The molecule has 2 bridgehead atoms. The largest absolute Gasteiger partial charge is 0.228 e. The SMILES string of the molecule is O=S1(=O)C2C=C(c3cc4ccccc4s3)CC1CCC2. The summed E-state index contributed by atoms with van der Waals surface area (Å²) in [6.45, 7) is 0. The molecule has 0 N–H and O–H groups in total. The number of rotatable bonds is 1. The molecule has 2 aromatic rings. The second-order valence-electron chi connectivity index (χ2n) is 5.72. The molecule has 0 radical (unpaired) electrons. The predicted octanol–water partition coefficient (Wildman–Crippen LogP) is 4.02. The Hall–Kier alpha value is -1.13. The Morgan fingerprint density at radius 1 is 1.15 bits per heavy atom. The van der Waals surface area contributed by atoms with E-state index in [1.807, 2.05) is 12.1 Å². The summed E-state index contributed by atoms with van der Waals surface area (Å²) in [5.74, 6) is 0. The van der Waals surface area contributed by atoms with Crippen molar-refractivity contribution < 1.29 is 8.42 Å². The van der Waals surface area contributed by atoms with Gasteiger partial charge >= 0.3 is 0 Å². The lowest BCUT2D eigenvalue weighted by atomic mass is 9.97. The monoisotopic (exact) mass is 304 g/mol. The van der Waals surface area contributed by atoms with E-state index in [2.05, 4.69) is 24.3 Å². The molecule has 4 rings (SSSR count). The first-order valence-electron chi connectivity index (χ1n) is 7.07. The maximum Gasteiger partial charge on any atom is 0.159 e. The number of thiophene rings is 1. The van der Waals surface area contributed by atoms with Gasteiger partial charge in [0, 0.05) is 9.58 Å². The first kappa shape index (κ1) is 12.6. The van der Waals surface area contributed by atoms with Crippen LogP contribution in [-0.4, -0.2) is 18.9 Å². The predicted molar refractivity (Wildman–Crippen MR) is 84.8 cm³/mol. The summed E-state index contributed by atoms with van der Waals surface area (Å²) in [5, 5.41) is 0.869. The molecule has 20 heavy (non-hydrogen) atoms. The Labute approximate surface area is 123 Å². The van der Waals surface area contributed by atoms with Crippen LogP contribution in [-0.2, 0) is 9.84 Å². The first-order valence-corrected chi connectivity index (χ1v) is 9.49. The number of fused-ring (bicyclic) bond motifs is 3. The van der Waals surface area contributed by atoms with Crippen LogP contribution in [0, 0.1) is 0 Å². The molecular weight excluding hydrogens is 288 g/mol. The smallest absolute Gasteiger partial charge is 0.159 e. The molecule has 2 aliphatic rings. The van der Waals surface area contributed by atoms with Crippen LogP contribution in [0.5, 0.6) is 0 Å². The van der Waals surface area contributed by atoms with E-state index in [-0.39, 0.29) is 10.5 Å². The van der Waals surface area contributed by atoms with Crippen molar-refractivity contribution in [3.63, 3.8) is 0 Å². The lowest BCUT2D eigenvalue weighted by molar-refractivity contribution is 0.518. The van der Waals surface area contributed by atoms with Gasteiger partial charge in [-0.25, -0.2) is 8.42 Å². The van der Waals surface area contributed by atoms with Gasteiger partial charge in [0.2, 0.25) is 0 Å². The number of sulfone groups is 1. The second-order valence-corrected chi connectivity index (χ2v) is 9.26. The van der Waals surface area contributed by atoms with Crippen LogP contribution in [0.3, 0.4) is 0 Å². The minimum atomic E-state index is -2.91. The highest BCUT2D eigenvalue weighted by molar-refractivity contribution is 7.93. The third-order valence-corrected chi connectivity index (χ3v) is 8.22. The average molecular weight is 304 g/mol. The van der Waals surface area contributed by atoms with Crippen LogP contribution < -0.4 is 0 Å². The second kappa shape index (κ2) is 4.43. The summed E-state index contributed by atoms with van der Waals surface area (Å²) in [4.78, 5) is 1.25. The van der Waals surface area contributed by atoms with E-state index >= 15 is 0 Å². The molecule has 104 valence electrons. The third-order valence-electron chi connectivity index (χ3n) is 4.48. The maximum atomic E-state index is 12.3. The fourth-order valence-electron chi connectivity index (χ4n) is 3.38. The Kier molecular flexibility index (Phi) is 2.79. The molecule has 0 aliphatic carbocycles. The number of hydrogen-bond donors (Lipinski definition) is 0. The molecule has 2 unspecified atom stereocenters. The van der Waals surface area contributed by atoms with Gasteiger partial charge in [0.15, 0.2) is 9.84 Å². The molecule has 0 saturated carbocycles. The number of allylic oxidation sites excluding steroid dienone is 1. The van der Waals surface area contributed by atoms with Crippen molar-refractivity contribution in [1.29, 1.82) is 0 Å². The summed E-state index contributed by atoms with van der Waals surface area (Å²) in [7, 11) is -2.91. The molecular formula is C16H16O2S2. The van der Waals surface area contributed by atoms with E-state index < -0.39 is 9.84 Å². The van der Waals surface area contributed by atoms with Gasteiger partial charge in [-0.05, 0) is 42.4 Å². The van der Waals surface area contributed by atoms with Gasteiger partial charge in [0.05, 0.1) is 10.5 Å². The Bertz CT molecular complexity index is 766. The summed E-state index contributed by atoms with van der Waals surface area (Å²) >= 11 is 1.78. The van der Waals surface area contributed by atoms with E-state index in [0.717, 1.165) is 19.3 Å². The molecule has 4 heteroatoms. The topological polar surface area (TPSA) is 34.1 Å². The first-order chi connectivity index (χ1) is 9.64. The van der Waals surface area contributed by atoms with Crippen molar-refractivity contribution in [1.82, 2.24) is 0 Å². The molecule has 2 atom stereocenters. The van der Waals surface area contributed by atoms with Crippen molar-refractivity contribution in [3.8, 4) is 0 Å². The van der Waals surface area contributed by atoms with Crippen LogP contribution in [0.4, 0.5) is 0 Å². The van der Waals surface area contributed by atoms with Gasteiger partial charge in [0.1, 0.15) is 0 Å². The van der Waals surface area contributed by atoms with Crippen LogP contribution in [0.2, 0.25) is 0 Å². The van der Waals surface area contributed by atoms with E-state index in [4.69, 9.17) is 0 Å². The summed E-state index contributed by atoms with van der Waals surface area (Å²) < 4.78 is 25.9. The standard InChI is InChI=1S/C16H16O2S2/c17-20(18)13-5-3-6-14(20)9-12(8-13)16-10-11-4-1-2-7-15(11)19-16/h1-2,4,7-8,10,13-14H,3,5-6,9H2. The minimum Gasteiger partial charge on any atom is -0.228 e. The van der Waals surface area contributed by atoms with Crippen molar-refractivity contribution in [2.75, 3.05) is 0 Å².